The van der Waals surface area contributed by atoms with Gasteiger partial charge in [-0.05, 0) is 63.8 Å². The number of carbonyl (C=O) groups is 4. The number of hydrogen-bond acceptors (Lipinski definition) is 6. The molecule has 1 rings (SSSR count). The van der Waals surface area contributed by atoms with Crippen molar-refractivity contribution < 1.29 is 29.0 Å². The summed E-state index contributed by atoms with van der Waals surface area (Å²) in [5, 5.41) is 15.6. The molecule has 2 unspecified atom stereocenters. The van der Waals surface area contributed by atoms with Crippen LogP contribution in [0.4, 0.5) is 4.79 Å². The molecular formula is C31H52N4O6. The molecule has 1 aromatic carbocycles. The van der Waals surface area contributed by atoms with E-state index >= 15 is 0 Å². The van der Waals surface area contributed by atoms with Gasteiger partial charge in [-0.15, -0.1) is 0 Å². The minimum absolute atomic E-state index is 0.0721. The number of phenols is 1. The van der Waals surface area contributed by atoms with Crippen LogP contribution in [-0.2, 0) is 19.1 Å². The number of nitrogens with one attached hydrogen (secondary N) is 2. The fourth-order valence-electron chi connectivity index (χ4n) is 4.49. The number of carbonyl (C=O) groups excluding carboxylic acids is 4. The number of aromatic hydroxyl groups is 1. The highest BCUT2D eigenvalue weighted by Crippen LogP contribution is 2.28. The van der Waals surface area contributed by atoms with Crippen LogP contribution in [0, 0.1) is 6.92 Å². The normalized spacial score (nSPS) is 12.7. The van der Waals surface area contributed by atoms with Crippen molar-refractivity contribution in [2.45, 2.75) is 123 Å². The molecule has 0 aliphatic heterocycles. The second-order valence-electron chi connectivity index (χ2n) is 11.6. The first-order chi connectivity index (χ1) is 19.3. The largest absolute Gasteiger partial charge is 0.508 e. The van der Waals surface area contributed by atoms with Crippen molar-refractivity contribution in [2.75, 3.05) is 13.1 Å². The average Bonchev–Trinajstić information content (AvgIpc) is 2.87. The van der Waals surface area contributed by atoms with E-state index in [9.17, 15) is 24.3 Å². The van der Waals surface area contributed by atoms with Crippen LogP contribution in [0.5, 0.6) is 5.75 Å². The summed E-state index contributed by atoms with van der Waals surface area (Å²) in [5.41, 5.74) is 5.72. The molecule has 0 saturated heterocycles. The van der Waals surface area contributed by atoms with Gasteiger partial charge in [-0.1, -0.05) is 64.9 Å². The quantitative estimate of drug-likeness (QED) is 0.180. The van der Waals surface area contributed by atoms with Gasteiger partial charge in [0.15, 0.2) is 0 Å². The van der Waals surface area contributed by atoms with Crippen LogP contribution in [0.2, 0.25) is 0 Å². The minimum atomic E-state index is -1.32. The van der Waals surface area contributed by atoms with E-state index in [2.05, 4.69) is 24.5 Å². The number of primary amides is 1. The standard InChI is InChI=1S/C31H52N4O6/c1-7-9-11-12-13-15-19-35(29(39)24(21-26(32)37)34-30(40)41-31(4,5)6)27(28(38)33-18-14-10-8-2)23-16-17-25(36)22(3)20-23/h16-17,20,24,27,36H,7-15,18-19,21H2,1-6H3,(H2,32,37)(H,33,38)(H,34,40). The maximum Gasteiger partial charge on any atom is 0.408 e. The summed E-state index contributed by atoms with van der Waals surface area (Å²) in [6, 6.07) is 2.42. The zero-order valence-corrected chi connectivity index (χ0v) is 25.9. The van der Waals surface area contributed by atoms with Crippen molar-refractivity contribution in [3.05, 3.63) is 29.3 Å². The van der Waals surface area contributed by atoms with Crippen LogP contribution >= 0.6 is 0 Å². The molecule has 0 spiro atoms. The summed E-state index contributed by atoms with van der Waals surface area (Å²) in [6.07, 6.45) is 7.19. The first-order valence-electron chi connectivity index (χ1n) is 15.0. The Morgan fingerprint density at radius 1 is 0.976 bits per heavy atom. The third kappa shape index (κ3) is 13.7. The van der Waals surface area contributed by atoms with Crippen molar-refractivity contribution in [1.29, 1.82) is 0 Å². The van der Waals surface area contributed by atoms with Crippen LogP contribution in [0.15, 0.2) is 18.2 Å². The highest BCUT2D eigenvalue weighted by Gasteiger charge is 2.37. The molecule has 0 aliphatic rings. The summed E-state index contributed by atoms with van der Waals surface area (Å²) in [6.45, 7) is 11.7. The predicted molar refractivity (Wildman–Crippen MR) is 160 cm³/mol. The lowest BCUT2D eigenvalue weighted by atomic mass is 9.99. The number of unbranched alkanes of at least 4 members (excludes halogenated alkanes) is 7. The van der Waals surface area contributed by atoms with Gasteiger partial charge in [0.1, 0.15) is 23.4 Å². The van der Waals surface area contributed by atoms with Crippen molar-refractivity contribution in [2.24, 2.45) is 5.73 Å². The molecule has 0 bridgehead atoms. The second-order valence-corrected chi connectivity index (χ2v) is 11.6. The van der Waals surface area contributed by atoms with Crippen molar-refractivity contribution in [3.8, 4) is 5.75 Å². The van der Waals surface area contributed by atoms with E-state index in [4.69, 9.17) is 10.5 Å². The summed E-state index contributed by atoms with van der Waals surface area (Å²) in [4.78, 5) is 53.9. The van der Waals surface area contributed by atoms with Gasteiger partial charge in [-0.25, -0.2) is 4.79 Å². The van der Waals surface area contributed by atoms with Crippen LogP contribution in [0.25, 0.3) is 0 Å². The van der Waals surface area contributed by atoms with Gasteiger partial charge in [-0.3, -0.25) is 14.4 Å². The van der Waals surface area contributed by atoms with E-state index in [1.165, 1.54) is 11.0 Å². The average molecular weight is 577 g/mol. The number of ether oxygens (including phenoxy) is 1. The van der Waals surface area contributed by atoms with Crippen molar-refractivity contribution in [3.63, 3.8) is 0 Å². The molecule has 41 heavy (non-hydrogen) atoms. The number of nitrogens with two attached hydrogens (primary N) is 1. The van der Waals surface area contributed by atoms with Crippen LogP contribution in [-0.4, -0.2) is 58.6 Å². The van der Waals surface area contributed by atoms with Crippen LogP contribution in [0.3, 0.4) is 0 Å². The molecule has 10 nitrogen and oxygen atoms in total. The van der Waals surface area contributed by atoms with Crippen LogP contribution < -0.4 is 16.4 Å². The van der Waals surface area contributed by atoms with Crippen molar-refractivity contribution in [1.82, 2.24) is 15.5 Å². The molecule has 5 N–H and O–H groups in total. The molecule has 0 heterocycles. The van der Waals surface area contributed by atoms with Gasteiger partial charge in [0.2, 0.25) is 17.7 Å². The third-order valence-corrected chi connectivity index (χ3v) is 6.61. The van der Waals surface area contributed by atoms with Gasteiger partial charge in [0, 0.05) is 13.1 Å². The molecule has 232 valence electrons. The number of amides is 4. The van der Waals surface area contributed by atoms with Gasteiger partial charge in [0.25, 0.3) is 0 Å². The SMILES string of the molecule is CCCCCCCCN(C(=O)C(CC(N)=O)NC(=O)OC(C)(C)C)C(C(=O)NCCCCC)c1ccc(O)c(C)c1. The number of rotatable bonds is 18. The lowest BCUT2D eigenvalue weighted by molar-refractivity contribution is -0.143. The Balaban J connectivity index is 3.47. The Morgan fingerprint density at radius 2 is 1.59 bits per heavy atom. The fraction of sp³-hybridized carbons (Fsp3) is 0.677. The molecule has 0 aliphatic carbocycles. The zero-order valence-electron chi connectivity index (χ0n) is 25.9. The number of alkyl carbamates (subject to hydrolysis) is 1. The lowest BCUT2D eigenvalue weighted by Crippen LogP contribution is -2.54. The maximum atomic E-state index is 14.1. The topological polar surface area (TPSA) is 151 Å². The third-order valence-electron chi connectivity index (χ3n) is 6.61. The predicted octanol–water partition coefficient (Wildman–Crippen LogP) is 5.01. The van der Waals surface area contributed by atoms with E-state index in [0.29, 0.717) is 24.1 Å². The Bertz CT molecular complexity index is 991. The number of hydrogen-bond donors (Lipinski definition) is 4. The summed E-state index contributed by atoms with van der Waals surface area (Å²) >= 11 is 0. The van der Waals surface area contributed by atoms with Crippen LogP contribution in [0.1, 0.15) is 116 Å². The highest BCUT2D eigenvalue weighted by molar-refractivity contribution is 5.94. The Hall–Kier alpha value is -3.30. The molecule has 4 amide bonds. The molecule has 0 radical (unpaired) electrons. The minimum Gasteiger partial charge on any atom is -0.508 e. The molecule has 0 saturated carbocycles. The lowest BCUT2D eigenvalue weighted by Gasteiger charge is -2.34. The number of phenolic OH excluding ortho intramolecular Hbond substituents is 1. The smallest absolute Gasteiger partial charge is 0.408 e. The summed E-state index contributed by atoms with van der Waals surface area (Å²) in [5.74, 6) is -1.69. The molecule has 10 heteroatoms. The molecule has 0 fully saturated rings. The fourth-order valence-corrected chi connectivity index (χ4v) is 4.49. The molecule has 1 aromatic rings. The monoisotopic (exact) mass is 576 g/mol. The number of aryl methyl sites for hydroxylation is 1. The zero-order chi connectivity index (χ0) is 31.0. The van der Waals surface area contributed by atoms with E-state index in [0.717, 1.165) is 51.4 Å². The van der Waals surface area contributed by atoms with E-state index in [1.54, 1.807) is 39.8 Å². The van der Waals surface area contributed by atoms with Crippen molar-refractivity contribution >= 4 is 23.8 Å². The van der Waals surface area contributed by atoms with Gasteiger partial charge in [-0.2, -0.15) is 0 Å². The van der Waals surface area contributed by atoms with Gasteiger partial charge >= 0.3 is 6.09 Å². The number of nitrogens with zero attached hydrogens (tertiary/aromatic N) is 1. The first-order valence-corrected chi connectivity index (χ1v) is 15.0. The molecule has 0 aromatic heterocycles. The Morgan fingerprint density at radius 3 is 2.17 bits per heavy atom. The second kappa shape index (κ2) is 18.2. The molecular weight excluding hydrogens is 524 g/mol. The highest BCUT2D eigenvalue weighted by atomic mass is 16.6. The summed E-state index contributed by atoms with van der Waals surface area (Å²) in [7, 11) is 0. The first kappa shape index (κ1) is 35.7. The summed E-state index contributed by atoms with van der Waals surface area (Å²) < 4.78 is 5.33. The van der Waals surface area contributed by atoms with E-state index < -0.39 is 42.0 Å². The maximum absolute atomic E-state index is 14.1. The number of benzene rings is 1. The van der Waals surface area contributed by atoms with E-state index in [1.807, 2.05) is 0 Å². The van der Waals surface area contributed by atoms with Gasteiger partial charge < -0.3 is 31.1 Å². The Kier molecular flexibility index (Phi) is 15.9. The molecule has 2 atom stereocenters. The van der Waals surface area contributed by atoms with Gasteiger partial charge in [0.05, 0.1) is 6.42 Å². The Labute approximate surface area is 245 Å². The van der Waals surface area contributed by atoms with E-state index in [-0.39, 0.29) is 18.2 Å².